The molecular formula is C9H9F3S. The monoisotopic (exact) mass is 206 g/mol. The van der Waals surface area contributed by atoms with Gasteiger partial charge in [-0.05, 0) is 23.9 Å². The van der Waals surface area contributed by atoms with Crippen molar-refractivity contribution in [2.45, 2.75) is 5.51 Å². The summed E-state index contributed by atoms with van der Waals surface area (Å²) in [4.78, 5) is 0.0856. The molecule has 0 heterocycles. The maximum Gasteiger partial charge on any atom is 0.446 e. The number of rotatable bonds is 4. The molecule has 0 aliphatic rings. The van der Waals surface area contributed by atoms with Crippen LogP contribution in [0.15, 0.2) is 48.4 Å². The van der Waals surface area contributed by atoms with Gasteiger partial charge in [-0.25, -0.2) is 0 Å². The van der Waals surface area contributed by atoms with E-state index >= 15 is 0 Å². The van der Waals surface area contributed by atoms with Crippen LogP contribution in [0, 0.1) is 0 Å². The van der Waals surface area contributed by atoms with Crippen molar-refractivity contribution in [3.05, 3.63) is 48.4 Å². The van der Waals surface area contributed by atoms with Crippen LogP contribution in [0.3, 0.4) is 0 Å². The standard InChI is InChI=1S/C9H9F3S/c1-3-5-7-8(6-4-2)13-9(10,11)12/h3-7H,1-2H2/b7-5-,8-6+. The second-order valence-electron chi connectivity index (χ2n) is 1.95. The number of thioether (sulfide) groups is 1. The maximum absolute atomic E-state index is 11.9. The van der Waals surface area contributed by atoms with Gasteiger partial charge in [-0.15, -0.1) is 0 Å². The Balaban J connectivity index is 4.45. The number of allylic oxidation sites excluding steroid dienone is 5. The van der Waals surface area contributed by atoms with Gasteiger partial charge in [0.25, 0.3) is 0 Å². The molecule has 0 fully saturated rings. The SMILES string of the molecule is C=C/C=C\C(=C/C=C)SC(F)(F)F. The first kappa shape index (κ1) is 12.1. The Kier molecular flexibility index (Phi) is 5.30. The van der Waals surface area contributed by atoms with E-state index in [0.717, 1.165) is 0 Å². The second-order valence-corrected chi connectivity index (χ2v) is 3.09. The minimum Gasteiger partial charge on any atom is -0.160 e. The van der Waals surface area contributed by atoms with E-state index in [9.17, 15) is 13.2 Å². The van der Waals surface area contributed by atoms with Crippen molar-refractivity contribution in [1.29, 1.82) is 0 Å². The molecule has 0 saturated carbocycles. The van der Waals surface area contributed by atoms with Gasteiger partial charge < -0.3 is 0 Å². The molecule has 0 rings (SSSR count). The molecule has 0 aromatic carbocycles. The molecule has 0 aromatic heterocycles. The summed E-state index contributed by atoms with van der Waals surface area (Å²) in [5.74, 6) is 0. The van der Waals surface area contributed by atoms with Crippen molar-refractivity contribution < 1.29 is 13.2 Å². The Morgan fingerprint density at radius 1 is 1.15 bits per heavy atom. The van der Waals surface area contributed by atoms with Crippen LogP contribution in [0.5, 0.6) is 0 Å². The van der Waals surface area contributed by atoms with E-state index in [0.29, 0.717) is 0 Å². The number of hydrogen-bond acceptors (Lipinski definition) is 1. The van der Waals surface area contributed by atoms with Crippen LogP contribution >= 0.6 is 11.8 Å². The molecule has 0 radical (unpaired) electrons. The van der Waals surface area contributed by atoms with Crippen LogP contribution in [0.25, 0.3) is 0 Å². The molecule has 0 atom stereocenters. The Morgan fingerprint density at radius 2 is 1.77 bits per heavy atom. The zero-order valence-corrected chi connectivity index (χ0v) is 7.66. The fourth-order valence-corrected chi connectivity index (χ4v) is 1.11. The molecule has 0 aliphatic carbocycles. The molecule has 0 aliphatic heterocycles. The Labute approximate surface area is 79.5 Å². The fourth-order valence-electron chi connectivity index (χ4n) is 0.536. The summed E-state index contributed by atoms with van der Waals surface area (Å²) >= 11 is -0.178. The zero-order valence-electron chi connectivity index (χ0n) is 6.84. The van der Waals surface area contributed by atoms with Gasteiger partial charge in [0, 0.05) is 4.91 Å². The van der Waals surface area contributed by atoms with E-state index in [1.807, 2.05) is 0 Å². The lowest BCUT2D eigenvalue weighted by molar-refractivity contribution is -0.0321. The Bertz CT molecular complexity index is 236. The zero-order chi connectivity index (χ0) is 10.3. The van der Waals surface area contributed by atoms with E-state index in [1.54, 1.807) is 0 Å². The average molecular weight is 206 g/mol. The third-order valence-electron chi connectivity index (χ3n) is 0.912. The lowest BCUT2D eigenvalue weighted by atomic mass is 10.4. The first-order valence-corrected chi connectivity index (χ1v) is 4.19. The molecule has 0 amide bonds. The molecule has 72 valence electrons. The fraction of sp³-hybridized carbons (Fsp3) is 0.111. The summed E-state index contributed by atoms with van der Waals surface area (Å²) in [7, 11) is 0. The highest BCUT2D eigenvalue weighted by atomic mass is 32.2. The summed E-state index contributed by atoms with van der Waals surface area (Å²) in [6.45, 7) is 6.68. The van der Waals surface area contributed by atoms with Gasteiger partial charge in [-0.3, -0.25) is 0 Å². The highest BCUT2D eigenvalue weighted by molar-refractivity contribution is 8.04. The van der Waals surface area contributed by atoms with Crippen LogP contribution < -0.4 is 0 Å². The van der Waals surface area contributed by atoms with E-state index in [2.05, 4.69) is 13.2 Å². The Morgan fingerprint density at radius 3 is 2.15 bits per heavy atom. The molecule has 0 unspecified atom stereocenters. The van der Waals surface area contributed by atoms with Crippen molar-refractivity contribution in [2.75, 3.05) is 0 Å². The number of halogens is 3. The lowest BCUT2D eigenvalue weighted by Crippen LogP contribution is -1.99. The minimum atomic E-state index is -4.26. The Hall–Kier alpha value is -0.900. The van der Waals surface area contributed by atoms with Crippen molar-refractivity contribution >= 4 is 11.8 Å². The van der Waals surface area contributed by atoms with Gasteiger partial charge in [-0.1, -0.05) is 31.4 Å². The first-order chi connectivity index (χ1) is 5.99. The smallest absolute Gasteiger partial charge is 0.160 e. The van der Waals surface area contributed by atoms with E-state index in [4.69, 9.17) is 0 Å². The van der Waals surface area contributed by atoms with Gasteiger partial charge in [0.2, 0.25) is 0 Å². The summed E-state index contributed by atoms with van der Waals surface area (Å²) in [5, 5.41) is 0. The molecule has 0 spiro atoms. The second kappa shape index (κ2) is 5.70. The molecular weight excluding hydrogens is 197 g/mol. The summed E-state index contributed by atoms with van der Waals surface area (Å²) in [6, 6.07) is 0. The van der Waals surface area contributed by atoms with Crippen LogP contribution in [0.4, 0.5) is 13.2 Å². The van der Waals surface area contributed by atoms with Crippen molar-refractivity contribution in [3.8, 4) is 0 Å². The largest absolute Gasteiger partial charge is 0.446 e. The van der Waals surface area contributed by atoms with Gasteiger partial charge in [0.05, 0.1) is 0 Å². The topological polar surface area (TPSA) is 0 Å². The van der Waals surface area contributed by atoms with Gasteiger partial charge in [-0.2, -0.15) is 13.2 Å². The quantitative estimate of drug-likeness (QED) is 0.625. The molecule has 13 heavy (non-hydrogen) atoms. The highest BCUT2D eigenvalue weighted by Gasteiger charge is 2.29. The number of hydrogen-bond donors (Lipinski definition) is 0. The maximum atomic E-state index is 11.9. The first-order valence-electron chi connectivity index (χ1n) is 3.37. The van der Waals surface area contributed by atoms with Crippen molar-refractivity contribution in [1.82, 2.24) is 0 Å². The molecule has 4 heteroatoms. The number of alkyl halides is 3. The van der Waals surface area contributed by atoms with E-state index < -0.39 is 5.51 Å². The predicted octanol–water partition coefficient (Wildman–Crippen LogP) is 4.05. The van der Waals surface area contributed by atoms with E-state index in [1.165, 1.54) is 30.4 Å². The summed E-state index contributed by atoms with van der Waals surface area (Å²) in [6.07, 6.45) is 6.77. The molecule has 0 aromatic rings. The normalized spacial score (nSPS) is 13.3. The highest BCUT2D eigenvalue weighted by Crippen LogP contribution is 2.36. The van der Waals surface area contributed by atoms with Gasteiger partial charge >= 0.3 is 5.51 Å². The van der Waals surface area contributed by atoms with Crippen molar-refractivity contribution in [2.24, 2.45) is 0 Å². The third-order valence-corrected chi connectivity index (χ3v) is 1.65. The van der Waals surface area contributed by atoms with Crippen LogP contribution in [0.1, 0.15) is 0 Å². The minimum absolute atomic E-state index is 0.0856. The van der Waals surface area contributed by atoms with Crippen LogP contribution in [-0.4, -0.2) is 5.51 Å². The molecule has 0 bridgehead atoms. The average Bonchev–Trinajstić information content (AvgIpc) is 1.98. The molecule has 0 N–H and O–H groups in total. The molecule has 0 nitrogen and oxygen atoms in total. The van der Waals surface area contributed by atoms with Crippen LogP contribution in [0.2, 0.25) is 0 Å². The van der Waals surface area contributed by atoms with Crippen LogP contribution in [-0.2, 0) is 0 Å². The predicted molar refractivity (Wildman–Crippen MR) is 51.3 cm³/mol. The third kappa shape index (κ3) is 7.46. The molecule has 0 saturated heterocycles. The lowest BCUT2D eigenvalue weighted by Gasteiger charge is -2.04. The summed E-state index contributed by atoms with van der Waals surface area (Å²) in [5.41, 5.74) is -4.26. The van der Waals surface area contributed by atoms with Crippen molar-refractivity contribution in [3.63, 3.8) is 0 Å². The van der Waals surface area contributed by atoms with Gasteiger partial charge in [0.15, 0.2) is 0 Å². The van der Waals surface area contributed by atoms with Gasteiger partial charge in [0.1, 0.15) is 0 Å². The van der Waals surface area contributed by atoms with E-state index in [-0.39, 0.29) is 16.7 Å². The summed E-state index contributed by atoms with van der Waals surface area (Å²) < 4.78 is 35.7.